The van der Waals surface area contributed by atoms with Crippen LogP contribution in [0.5, 0.6) is 0 Å². The van der Waals surface area contributed by atoms with Crippen LogP contribution in [0.15, 0.2) is 0 Å². The molecule has 0 saturated carbocycles. The molecule has 0 aromatic heterocycles. The molecule has 4 rings (SSSR count). The highest BCUT2D eigenvalue weighted by Crippen LogP contribution is 2.42. The van der Waals surface area contributed by atoms with E-state index in [1.165, 1.54) is 14.2 Å². The first-order chi connectivity index (χ1) is 14.9. The zero-order valence-electron chi connectivity index (χ0n) is 19.3. The largest absolute Gasteiger partial charge is 0.390 e. The van der Waals surface area contributed by atoms with Gasteiger partial charge in [0.05, 0.1) is 12.2 Å². The lowest BCUT2D eigenvalue weighted by molar-refractivity contribution is -0.237. The van der Waals surface area contributed by atoms with Gasteiger partial charge in [0.1, 0.15) is 42.4 Å². The third-order valence-corrected chi connectivity index (χ3v) is 6.19. The highest BCUT2D eigenvalue weighted by Gasteiger charge is 2.59. The molecular weight excluding hydrogens is 428 g/mol. The summed E-state index contributed by atoms with van der Waals surface area (Å²) in [7, 11) is 2.95. The Balaban J connectivity index is 1.34. The van der Waals surface area contributed by atoms with Gasteiger partial charge >= 0.3 is 0 Å². The van der Waals surface area contributed by atoms with Gasteiger partial charge in [-0.25, -0.2) is 0 Å². The van der Waals surface area contributed by atoms with Crippen molar-refractivity contribution in [2.75, 3.05) is 14.2 Å². The SMILES string of the molecule is CO[C@@H]1O[C@H]([C@@H](O)CC(=O)C[C@H](O)[C@H]2O[C@@H](OC)[C@@H]3OC(C)(C)O[C@@H]32)[C@H]2OC(C)(C)O[C@@H]12. The minimum absolute atomic E-state index is 0.234. The van der Waals surface area contributed by atoms with Crippen molar-refractivity contribution in [2.24, 2.45) is 0 Å². The number of aliphatic hydroxyl groups excluding tert-OH is 2. The second kappa shape index (κ2) is 8.81. The lowest BCUT2D eigenvalue weighted by Crippen LogP contribution is -2.42. The highest BCUT2D eigenvalue weighted by atomic mass is 16.8. The van der Waals surface area contributed by atoms with Crippen LogP contribution in [0.4, 0.5) is 0 Å². The van der Waals surface area contributed by atoms with E-state index in [-0.39, 0.29) is 18.6 Å². The number of ketones is 1. The van der Waals surface area contributed by atoms with E-state index < -0.39 is 73.0 Å². The molecule has 10 atom stereocenters. The molecule has 4 fully saturated rings. The van der Waals surface area contributed by atoms with Gasteiger partial charge < -0.3 is 48.1 Å². The fourth-order valence-corrected chi connectivity index (χ4v) is 4.96. The Bertz CT molecular complexity index is 641. The van der Waals surface area contributed by atoms with Gasteiger partial charge in [-0.3, -0.25) is 4.79 Å². The first-order valence-corrected chi connectivity index (χ1v) is 10.9. The maximum Gasteiger partial charge on any atom is 0.186 e. The van der Waals surface area contributed by atoms with Crippen LogP contribution in [0.2, 0.25) is 0 Å². The summed E-state index contributed by atoms with van der Waals surface area (Å²) in [6, 6.07) is 0. The molecule has 2 N–H and O–H groups in total. The Morgan fingerprint density at radius 1 is 0.750 bits per heavy atom. The molecule has 0 amide bonds. The van der Waals surface area contributed by atoms with E-state index >= 15 is 0 Å². The van der Waals surface area contributed by atoms with Crippen molar-refractivity contribution >= 4 is 5.78 Å². The summed E-state index contributed by atoms with van der Waals surface area (Å²) in [6.45, 7) is 7.06. The number of carbonyl (C=O) groups excluding carboxylic acids is 1. The van der Waals surface area contributed by atoms with Gasteiger partial charge in [-0.2, -0.15) is 0 Å². The van der Waals surface area contributed by atoms with Gasteiger partial charge in [0.25, 0.3) is 0 Å². The standard InChI is InChI=1S/C21H34O11/c1-20(2)29-14-12(27-18(25-5)16(14)31-20)10(23)7-9(22)8-11(24)13-15-17(19(26-6)28-13)32-21(3,4)30-15/h10-19,23-24H,7-8H2,1-6H3/t10-,11-,12+,13+,14+,15+,16+,17+,18+,19+/m0/s1. The predicted octanol–water partition coefficient (Wildman–Crippen LogP) is -0.160. The van der Waals surface area contributed by atoms with Gasteiger partial charge in [-0.05, 0) is 27.7 Å². The average molecular weight is 462 g/mol. The van der Waals surface area contributed by atoms with E-state index in [4.69, 9.17) is 37.9 Å². The van der Waals surface area contributed by atoms with Gasteiger partial charge in [-0.15, -0.1) is 0 Å². The van der Waals surface area contributed by atoms with Crippen molar-refractivity contribution in [1.82, 2.24) is 0 Å². The Hall–Kier alpha value is -0.730. The van der Waals surface area contributed by atoms with Crippen molar-refractivity contribution in [3.8, 4) is 0 Å². The molecule has 0 bridgehead atoms. The molecule has 11 nitrogen and oxygen atoms in total. The van der Waals surface area contributed by atoms with E-state index in [2.05, 4.69) is 0 Å². The predicted molar refractivity (Wildman–Crippen MR) is 105 cm³/mol. The van der Waals surface area contributed by atoms with Crippen LogP contribution in [0.3, 0.4) is 0 Å². The van der Waals surface area contributed by atoms with Gasteiger partial charge in [0, 0.05) is 27.1 Å². The molecule has 32 heavy (non-hydrogen) atoms. The van der Waals surface area contributed by atoms with Crippen molar-refractivity contribution in [3.05, 3.63) is 0 Å². The summed E-state index contributed by atoms with van der Waals surface area (Å²) < 4.78 is 45.4. The van der Waals surface area contributed by atoms with Gasteiger partial charge in [0.2, 0.25) is 0 Å². The third kappa shape index (κ3) is 4.61. The Kier molecular flexibility index (Phi) is 6.71. The van der Waals surface area contributed by atoms with Crippen LogP contribution in [0.1, 0.15) is 40.5 Å². The third-order valence-electron chi connectivity index (χ3n) is 6.19. The monoisotopic (exact) mass is 462 g/mol. The zero-order valence-corrected chi connectivity index (χ0v) is 19.3. The van der Waals surface area contributed by atoms with Crippen LogP contribution in [-0.4, -0.2) is 103 Å². The Morgan fingerprint density at radius 3 is 1.44 bits per heavy atom. The van der Waals surface area contributed by atoms with Crippen molar-refractivity contribution in [1.29, 1.82) is 0 Å². The topological polar surface area (TPSA) is 131 Å². The molecule has 0 aromatic rings. The number of fused-ring (bicyclic) bond motifs is 2. The first-order valence-electron chi connectivity index (χ1n) is 10.9. The maximum absolute atomic E-state index is 12.7. The summed E-state index contributed by atoms with van der Waals surface area (Å²) in [4.78, 5) is 12.7. The summed E-state index contributed by atoms with van der Waals surface area (Å²) in [6.07, 6.45) is -7.96. The number of carbonyl (C=O) groups is 1. The van der Waals surface area contributed by atoms with Crippen LogP contribution < -0.4 is 0 Å². The summed E-state index contributed by atoms with van der Waals surface area (Å²) in [5.41, 5.74) is 0. The fourth-order valence-electron chi connectivity index (χ4n) is 4.96. The average Bonchev–Trinajstić information content (AvgIpc) is 3.36. The molecule has 0 radical (unpaired) electrons. The minimum Gasteiger partial charge on any atom is -0.390 e. The molecule has 0 unspecified atom stereocenters. The number of rotatable bonds is 8. The first kappa shape index (κ1) is 24.4. The minimum atomic E-state index is -1.16. The lowest BCUT2D eigenvalue weighted by atomic mass is 9.96. The summed E-state index contributed by atoms with van der Waals surface area (Å²) >= 11 is 0. The van der Waals surface area contributed by atoms with Crippen molar-refractivity contribution in [3.63, 3.8) is 0 Å². The van der Waals surface area contributed by atoms with Gasteiger partial charge in [0.15, 0.2) is 24.2 Å². The molecule has 4 aliphatic rings. The molecule has 4 heterocycles. The zero-order chi connectivity index (χ0) is 23.4. The molecule has 0 aliphatic carbocycles. The second-order valence-corrected chi connectivity index (χ2v) is 9.62. The molecular formula is C21H34O11. The normalized spacial score (nSPS) is 43.8. The van der Waals surface area contributed by atoms with E-state index in [0.717, 1.165) is 0 Å². The van der Waals surface area contributed by atoms with E-state index in [1.807, 2.05) is 0 Å². The highest BCUT2D eigenvalue weighted by molar-refractivity contribution is 5.79. The maximum atomic E-state index is 12.7. The lowest BCUT2D eigenvalue weighted by Gasteiger charge is -2.27. The molecule has 11 heteroatoms. The van der Waals surface area contributed by atoms with E-state index in [0.29, 0.717) is 0 Å². The molecule has 184 valence electrons. The quantitative estimate of drug-likeness (QED) is 0.499. The smallest absolute Gasteiger partial charge is 0.186 e. The number of methoxy groups -OCH3 is 2. The number of ether oxygens (including phenoxy) is 8. The number of aliphatic hydroxyl groups is 2. The van der Waals surface area contributed by atoms with Crippen molar-refractivity contribution in [2.45, 2.75) is 114 Å². The van der Waals surface area contributed by atoms with Crippen molar-refractivity contribution < 1.29 is 52.9 Å². The number of hydrogen-bond donors (Lipinski definition) is 2. The molecule has 0 aromatic carbocycles. The summed E-state index contributed by atoms with van der Waals surface area (Å²) in [5.74, 6) is -2.05. The number of hydrogen-bond acceptors (Lipinski definition) is 11. The Labute approximate surface area is 187 Å². The van der Waals surface area contributed by atoms with Crippen LogP contribution in [0.25, 0.3) is 0 Å². The van der Waals surface area contributed by atoms with Crippen LogP contribution in [-0.2, 0) is 42.7 Å². The van der Waals surface area contributed by atoms with E-state index in [9.17, 15) is 15.0 Å². The summed E-state index contributed by atoms with van der Waals surface area (Å²) in [5, 5.41) is 21.4. The Morgan fingerprint density at radius 2 is 1.09 bits per heavy atom. The van der Waals surface area contributed by atoms with E-state index in [1.54, 1.807) is 27.7 Å². The molecule has 0 spiro atoms. The number of Topliss-reactive ketones (excluding diaryl/α,β-unsaturated/α-hetero) is 1. The molecule has 4 saturated heterocycles. The van der Waals surface area contributed by atoms with Gasteiger partial charge in [-0.1, -0.05) is 0 Å². The second-order valence-electron chi connectivity index (χ2n) is 9.62. The van der Waals surface area contributed by atoms with Crippen LogP contribution in [0, 0.1) is 0 Å². The molecule has 4 aliphatic heterocycles. The fraction of sp³-hybridized carbons (Fsp3) is 0.952. The van der Waals surface area contributed by atoms with Crippen LogP contribution >= 0.6 is 0 Å².